The Morgan fingerprint density at radius 3 is 2.37 bits per heavy atom. The van der Waals surface area contributed by atoms with Crippen molar-refractivity contribution < 1.29 is 14.3 Å². The molecule has 2 aromatic carbocycles. The average Bonchev–Trinajstić information content (AvgIpc) is 2.64. The van der Waals surface area contributed by atoms with E-state index in [9.17, 15) is 10.1 Å². The largest absolute Gasteiger partial charge is 0.493 e. The molecule has 2 rings (SSSR count). The van der Waals surface area contributed by atoms with Gasteiger partial charge in [-0.1, -0.05) is 50.6 Å². The Morgan fingerprint density at radius 1 is 1.15 bits per heavy atom. The van der Waals surface area contributed by atoms with Crippen LogP contribution in [0.25, 0.3) is 6.08 Å². The second kappa shape index (κ2) is 8.75. The van der Waals surface area contributed by atoms with Gasteiger partial charge in [-0.05, 0) is 41.5 Å². The van der Waals surface area contributed by atoms with Crippen molar-refractivity contribution in [1.82, 2.24) is 0 Å². The molecule has 0 aliphatic carbocycles. The molecular weight excluding hydrogens is 362 g/mol. The third-order valence-electron chi connectivity index (χ3n) is 3.85. The molecule has 0 heterocycles. The van der Waals surface area contributed by atoms with Gasteiger partial charge in [-0.15, -0.1) is 0 Å². The van der Waals surface area contributed by atoms with E-state index in [-0.39, 0.29) is 11.4 Å². The summed E-state index contributed by atoms with van der Waals surface area (Å²) in [4.78, 5) is 12.3. The van der Waals surface area contributed by atoms with Crippen LogP contribution in [-0.2, 0) is 11.4 Å². The summed E-state index contributed by atoms with van der Waals surface area (Å²) in [5.41, 5.74) is 1.17. The molecule has 0 radical (unpaired) electrons. The van der Waals surface area contributed by atoms with Crippen LogP contribution in [0.2, 0.25) is 5.02 Å². The van der Waals surface area contributed by atoms with Crippen molar-refractivity contribution in [3.05, 3.63) is 64.2 Å². The van der Waals surface area contributed by atoms with Gasteiger partial charge in [0.25, 0.3) is 0 Å². The first kappa shape index (κ1) is 20.5. The molecule has 4 nitrogen and oxygen atoms in total. The summed E-state index contributed by atoms with van der Waals surface area (Å²) in [6.45, 7) is 5.73. The number of allylic oxidation sites excluding steroid dienone is 1. The van der Waals surface area contributed by atoms with Crippen LogP contribution in [0.1, 0.15) is 31.9 Å². The van der Waals surface area contributed by atoms with Crippen molar-refractivity contribution in [3.8, 4) is 17.6 Å². The number of ketones is 1. The lowest BCUT2D eigenvalue weighted by Gasteiger charge is -2.15. The van der Waals surface area contributed by atoms with Gasteiger partial charge in [0.15, 0.2) is 17.3 Å². The van der Waals surface area contributed by atoms with Crippen molar-refractivity contribution in [2.24, 2.45) is 5.41 Å². The number of Topliss-reactive ketones (excluding diaryl/α,β-unsaturated/α-hetero) is 1. The maximum atomic E-state index is 12.3. The zero-order valence-corrected chi connectivity index (χ0v) is 16.6. The van der Waals surface area contributed by atoms with Gasteiger partial charge >= 0.3 is 0 Å². The van der Waals surface area contributed by atoms with Gasteiger partial charge in [0, 0.05) is 10.4 Å². The summed E-state index contributed by atoms with van der Waals surface area (Å²) in [6.07, 6.45) is 1.57. The predicted molar refractivity (Wildman–Crippen MR) is 107 cm³/mol. The number of methoxy groups -OCH3 is 1. The second-order valence-electron chi connectivity index (χ2n) is 7.07. The molecule has 0 aliphatic heterocycles. The topological polar surface area (TPSA) is 59.3 Å². The van der Waals surface area contributed by atoms with E-state index in [1.807, 2.05) is 18.2 Å². The minimum Gasteiger partial charge on any atom is -0.493 e. The highest BCUT2D eigenvalue weighted by Gasteiger charge is 2.25. The molecule has 5 heteroatoms. The lowest BCUT2D eigenvalue weighted by Crippen LogP contribution is -2.21. The number of ether oxygens (including phenoxy) is 2. The van der Waals surface area contributed by atoms with Gasteiger partial charge in [-0.3, -0.25) is 4.79 Å². The van der Waals surface area contributed by atoms with E-state index in [1.165, 1.54) is 0 Å². The third-order valence-corrected chi connectivity index (χ3v) is 4.10. The van der Waals surface area contributed by atoms with Crippen LogP contribution in [-0.4, -0.2) is 12.9 Å². The molecule has 0 unspecified atom stereocenters. The number of nitrogens with zero attached hydrogens (tertiary/aromatic N) is 1. The van der Waals surface area contributed by atoms with Gasteiger partial charge in [0.1, 0.15) is 12.7 Å². The Hall–Kier alpha value is -2.77. The van der Waals surface area contributed by atoms with Crippen LogP contribution < -0.4 is 9.47 Å². The Bertz CT molecular complexity index is 887. The Labute approximate surface area is 165 Å². The predicted octanol–water partition coefficient (Wildman–Crippen LogP) is 5.45. The molecule has 0 saturated carbocycles. The van der Waals surface area contributed by atoms with Crippen LogP contribution in [0, 0.1) is 16.7 Å². The summed E-state index contributed by atoms with van der Waals surface area (Å²) in [5, 5.41) is 10.00. The number of carbonyl (C=O) groups is 1. The highest BCUT2D eigenvalue weighted by atomic mass is 35.5. The van der Waals surface area contributed by atoms with E-state index in [0.717, 1.165) is 5.56 Å². The zero-order valence-electron chi connectivity index (χ0n) is 15.9. The van der Waals surface area contributed by atoms with Crippen molar-refractivity contribution in [2.75, 3.05) is 7.11 Å². The van der Waals surface area contributed by atoms with Crippen molar-refractivity contribution in [2.45, 2.75) is 27.4 Å². The minimum absolute atomic E-state index is 0.111. The zero-order chi connectivity index (χ0) is 20.0. The van der Waals surface area contributed by atoms with Gasteiger partial charge < -0.3 is 9.47 Å². The summed E-state index contributed by atoms with van der Waals surface area (Å²) in [5.74, 6) is 0.899. The fraction of sp³-hybridized carbons (Fsp3) is 0.273. The van der Waals surface area contributed by atoms with Crippen LogP contribution in [0.5, 0.6) is 11.5 Å². The summed E-state index contributed by atoms with van der Waals surface area (Å²) in [7, 11) is 1.55. The number of hydrogen-bond acceptors (Lipinski definition) is 4. The standard InChI is InChI=1S/C22H22ClNO3/c1-22(2,3)21(25)17(13-24)11-16-7-10-19(20(12-16)26-4)27-14-15-5-8-18(23)9-6-15/h5-12H,14H2,1-4H3/b17-11+. The normalized spacial score (nSPS) is 11.6. The molecule has 0 atom stereocenters. The number of halogens is 1. The number of benzene rings is 2. The van der Waals surface area contributed by atoms with E-state index >= 15 is 0 Å². The fourth-order valence-corrected chi connectivity index (χ4v) is 2.48. The molecule has 0 bridgehead atoms. The summed E-state index contributed by atoms with van der Waals surface area (Å²) < 4.78 is 11.2. The third kappa shape index (κ3) is 5.60. The van der Waals surface area contributed by atoms with Crippen molar-refractivity contribution in [3.63, 3.8) is 0 Å². The first-order chi connectivity index (χ1) is 12.7. The second-order valence-corrected chi connectivity index (χ2v) is 7.51. The van der Waals surface area contributed by atoms with Gasteiger partial charge in [-0.25, -0.2) is 0 Å². The van der Waals surface area contributed by atoms with Gasteiger partial charge in [0.2, 0.25) is 0 Å². The molecule has 0 fully saturated rings. The first-order valence-corrected chi connectivity index (χ1v) is 8.84. The minimum atomic E-state index is -0.618. The van der Waals surface area contributed by atoms with Crippen LogP contribution in [0.15, 0.2) is 48.0 Å². The molecule has 0 spiro atoms. The van der Waals surface area contributed by atoms with Gasteiger partial charge in [0.05, 0.1) is 12.7 Å². The van der Waals surface area contributed by atoms with Crippen LogP contribution >= 0.6 is 11.6 Å². The van der Waals surface area contributed by atoms with Crippen molar-refractivity contribution >= 4 is 23.5 Å². The molecule has 0 saturated heterocycles. The van der Waals surface area contributed by atoms with Crippen LogP contribution in [0.4, 0.5) is 0 Å². The lowest BCUT2D eigenvalue weighted by molar-refractivity contribution is -0.121. The maximum Gasteiger partial charge on any atom is 0.178 e. The Balaban J connectivity index is 2.22. The quantitative estimate of drug-likeness (QED) is 0.491. The van der Waals surface area contributed by atoms with Crippen LogP contribution in [0.3, 0.4) is 0 Å². The maximum absolute atomic E-state index is 12.3. The number of rotatable bonds is 6. The monoisotopic (exact) mass is 383 g/mol. The fourth-order valence-electron chi connectivity index (χ4n) is 2.35. The highest BCUT2D eigenvalue weighted by molar-refractivity contribution is 6.30. The molecule has 0 amide bonds. The molecule has 0 aromatic heterocycles. The Kier molecular flexibility index (Phi) is 6.65. The number of carbonyl (C=O) groups excluding carboxylic acids is 1. The average molecular weight is 384 g/mol. The number of hydrogen-bond donors (Lipinski definition) is 0. The molecule has 27 heavy (non-hydrogen) atoms. The summed E-state index contributed by atoms with van der Waals surface area (Å²) in [6, 6.07) is 14.7. The lowest BCUT2D eigenvalue weighted by atomic mass is 9.86. The first-order valence-electron chi connectivity index (χ1n) is 8.46. The van der Waals surface area contributed by atoms with E-state index in [0.29, 0.717) is 28.7 Å². The van der Waals surface area contributed by atoms with E-state index in [2.05, 4.69) is 0 Å². The van der Waals surface area contributed by atoms with Gasteiger partial charge in [-0.2, -0.15) is 5.26 Å². The molecule has 2 aromatic rings. The Morgan fingerprint density at radius 2 is 1.81 bits per heavy atom. The van der Waals surface area contributed by atoms with E-state index < -0.39 is 5.41 Å². The van der Waals surface area contributed by atoms with E-state index in [4.69, 9.17) is 21.1 Å². The highest BCUT2D eigenvalue weighted by Crippen LogP contribution is 2.30. The molecular formula is C22H22ClNO3. The van der Waals surface area contributed by atoms with Crippen molar-refractivity contribution in [1.29, 1.82) is 5.26 Å². The SMILES string of the molecule is COc1cc(/C=C(\C#N)C(=O)C(C)(C)C)ccc1OCc1ccc(Cl)cc1. The summed E-state index contributed by atoms with van der Waals surface area (Å²) >= 11 is 5.88. The number of nitriles is 1. The molecule has 0 aliphatic rings. The van der Waals surface area contributed by atoms with E-state index in [1.54, 1.807) is 64.3 Å². The molecule has 140 valence electrons. The smallest absolute Gasteiger partial charge is 0.178 e. The molecule has 0 N–H and O–H groups in total.